The number of carbonyl (C=O) groups is 1. The summed E-state index contributed by atoms with van der Waals surface area (Å²) < 4.78 is 0. The molecule has 9 heteroatoms. The number of nitrogens with zero attached hydrogens (tertiary/aromatic N) is 4. The number of primary amides is 1. The fraction of sp³-hybridized carbons (Fsp3) is 0.286. The van der Waals surface area contributed by atoms with E-state index in [0.29, 0.717) is 0 Å². The van der Waals surface area contributed by atoms with Gasteiger partial charge in [0.1, 0.15) is 6.20 Å². The lowest BCUT2D eigenvalue weighted by molar-refractivity contribution is -0.380. The first-order valence-corrected chi connectivity index (χ1v) is 4.92. The maximum Gasteiger partial charge on any atom is 0.345 e. The molecule has 0 radical (unpaired) electrons. The molecule has 0 aliphatic rings. The minimum Gasteiger partial charge on any atom is -0.351 e. The van der Waals surface area contributed by atoms with Crippen LogP contribution in [-0.4, -0.2) is 22.5 Å². The van der Waals surface area contributed by atoms with Crippen molar-refractivity contribution >= 4 is 27.5 Å². The molecular weight excluding hydrogens is 234 g/mol. The van der Waals surface area contributed by atoms with Gasteiger partial charge in [0.25, 0.3) is 0 Å². The fourth-order valence-corrected chi connectivity index (χ4v) is 1.69. The summed E-state index contributed by atoms with van der Waals surface area (Å²) >= 11 is 0.733. The van der Waals surface area contributed by atoms with Gasteiger partial charge in [0.05, 0.1) is 17.4 Å². The van der Waals surface area contributed by atoms with E-state index >= 15 is 0 Å². The summed E-state index contributed by atoms with van der Waals surface area (Å²) in [5, 5.41) is 18.7. The number of hydrogen-bond acceptors (Lipinski definition) is 6. The Hall–Kier alpha value is -2.21. The molecule has 0 fully saturated rings. The van der Waals surface area contributed by atoms with Crippen molar-refractivity contribution in [3.8, 4) is 6.07 Å². The summed E-state index contributed by atoms with van der Waals surface area (Å²) in [6.07, 6.45) is 1.12. The number of nitrogens with two attached hydrogens (primary N) is 1. The number of nitriles is 1. The van der Waals surface area contributed by atoms with E-state index in [9.17, 15) is 14.9 Å². The molecule has 0 aliphatic carbocycles. The summed E-state index contributed by atoms with van der Waals surface area (Å²) in [6, 6.07) is 1.05. The first-order valence-electron chi connectivity index (χ1n) is 4.10. The molecule has 0 saturated heterocycles. The van der Waals surface area contributed by atoms with Gasteiger partial charge in [0.15, 0.2) is 5.13 Å². The maximum atomic E-state index is 11.0. The standard InChI is InChI=1S/C7H7N5O3S/c8-2-1-3-11(6(9)13)7-10-4-5(16-7)12(14)15/h4H,1,3H2,(H2,9,13). The number of hydrogen-bond donors (Lipinski definition) is 1. The lowest BCUT2D eigenvalue weighted by Crippen LogP contribution is -2.36. The largest absolute Gasteiger partial charge is 0.351 e. The van der Waals surface area contributed by atoms with Crippen LogP contribution in [0, 0.1) is 21.4 Å². The zero-order valence-electron chi connectivity index (χ0n) is 7.99. The van der Waals surface area contributed by atoms with Crippen LogP contribution in [0.3, 0.4) is 0 Å². The van der Waals surface area contributed by atoms with Crippen LogP contribution in [0.5, 0.6) is 0 Å². The number of nitro groups is 1. The van der Waals surface area contributed by atoms with Gasteiger partial charge in [-0.3, -0.25) is 15.0 Å². The Bertz CT molecular complexity index is 451. The second-order valence-corrected chi connectivity index (χ2v) is 3.62. The van der Waals surface area contributed by atoms with Crippen molar-refractivity contribution in [2.75, 3.05) is 11.4 Å². The predicted molar refractivity (Wildman–Crippen MR) is 55.9 cm³/mol. The fourth-order valence-electron chi connectivity index (χ4n) is 0.928. The van der Waals surface area contributed by atoms with E-state index in [2.05, 4.69) is 4.98 Å². The van der Waals surface area contributed by atoms with Crippen LogP contribution in [0.15, 0.2) is 6.20 Å². The van der Waals surface area contributed by atoms with Gasteiger partial charge in [-0.1, -0.05) is 0 Å². The highest BCUT2D eigenvalue weighted by Crippen LogP contribution is 2.28. The van der Waals surface area contributed by atoms with E-state index in [4.69, 9.17) is 11.0 Å². The van der Waals surface area contributed by atoms with E-state index in [1.807, 2.05) is 6.07 Å². The van der Waals surface area contributed by atoms with E-state index in [0.717, 1.165) is 22.4 Å². The molecule has 0 saturated carbocycles. The van der Waals surface area contributed by atoms with Gasteiger partial charge < -0.3 is 5.73 Å². The summed E-state index contributed by atoms with van der Waals surface area (Å²) in [6.45, 7) is 0.0660. The molecule has 0 unspecified atom stereocenters. The van der Waals surface area contributed by atoms with Crippen molar-refractivity contribution in [3.63, 3.8) is 0 Å². The van der Waals surface area contributed by atoms with E-state index in [-0.39, 0.29) is 23.1 Å². The Labute approximate surface area is 94.1 Å². The first kappa shape index (κ1) is 11.9. The molecular formula is C7H7N5O3S. The van der Waals surface area contributed by atoms with Crippen molar-refractivity contribution in [2.45, 2.75) is 6.42 Å². The molecule has 2 amide bonds. The smallest absolute Gasteiger partial charge is 0.345 e. The minimum atomic E-state index is -0.792. The molecule has 16 heavy (non-hydrogen) atoms. The molecule has 1 heterocycles. The van der Waals surface area contributed by atoms with Gasteiger partial charge >= 0.3 is 11.0 Å². The molecule has 0 bridgehead atoms. The summed E-state index contributed by atoms with van der Waals surface area (Å²) in [4.78, 5) is 25.6. The zero-order valence-corrected chi connectivity index (χ0v) is 8.81. The van der Waals surface area contributed by atoms with Gasteiger partial charge in [0, 0.05) is 6.54 Å². The highest BCUT2D eigenvalue weighted by molar-refractivity contribution is 7.18. The number of aromatic nitrogens is 1. The van der Waals surface area contributed by atoms with Crippen molar-refractivity contribution < 1.29 is 9.72 Å². The van der Waals surface area contributed by atoms with Gasteiger partial charge in [-0.15, -0.1) is 0 Å². The molecule has 0 aliphatic heterocycles. The Kier molecular flexibility index (Phi) is 3.73. The summed E-state index contributed by atoms with van der Waals surface area (Å²) in [7, 11) is 0. The number of rotatable bonds is 4. The normalized spacial score (nSPS) is 9.44. The topological polar surface area (TPSA) is 126 Å². The number of amides is 2. The monoisotopic (exact) mass is 241 g/mol. The number of thiazole rings is 1. The Morgan fingerprint density at radius 2 is 2.50 bits per heavy atom. The van der Waals surface area contributed by atoms with Gasteiger partial charge in [0.2, 0.25) is 0 Å². The lowest BCUT2D eigenvalue weighted by atomic mass is 10.4. The van der Waals surface area contributed by atoms with Gasteiger partial charge in [-0.25, -0.2) is 9.78 Å². The summed E-state index contributed by atoms with van der Waals surface area (Å²) in [5.74, 6) is 0. The highest BCUT2D eigenvalue weighted by Gasteiger charge is 2.19. The predicted octanol–water partition coefficient (Wildman–Crippen LogP) is 0.850. The molecule has 0 atom stereocenters. The van der Waals surface area contributed by atoms with Crippen molar-refractivity contribution in [3.05, 3.63) is 16.3 Å². The zero-order chi connectivity index (χ0) is 12.1. The highest BCUT2D eigenvalue weighted by atomic mass is 32.1. The van der Waals surface area contributed by atoms with Crippen LogP contribution in [0.1, 0.15) is 6.42 Å². The van der Waals surface area contributed by atoms with Crippen LogP contribution in [0.2, 0.25) is 0 Å². The molecule has 2 N–H and O–H groups in total. The number of carbonyl (C=O) groups excluding carboxylic acids is 1. The molecule has 0 aromatic carbocycles. The molecule has 0 spiro atoms. The maximum absolute atomic E-state index is 11.0. The first-order chi connectivity index (χ1) is 7.56. The van der Waals surface area contributed by atoms with Gasteiger partial charge in [-0.05, 0) is 11.3 Å². The van der Waals surface area contributed by atoms with Crippen molar-refractivity contribution in [1.29, 1.82) is 5.26 Å². The second-order valence-electron chi connectivity index (χ2n) is 2.64. The average molecular weight is 241 g/mol. The SMILES string of the molecule is N#CCCN(C(N)=O)c1ncc([N+](=O)[O-])s1. The van der Waals surface area contributed by atoms with E-state index in [1.54, 1.807) is 0 Å². The molecule has 84 valence electrons. The third kappa shape index (κ3) is 2.64. The van der Waals surface area contributed by atoms with Gasteiger partial charge in [-0.2, -0.15) is 5.26 Å². The van der Waals surface area contributed by atoms with Crippen LogP contribution in [0.25, 0.3) is 0 Å². The van der Waals surface area contributed by atoms with Crippen LogP contribution < -0.4 is 10.6 Å². The van der Waals surface area contributed by atoms with Crippen LogP contribution >= 0.6 is 11.3 Å². The van der Waals surface area contributed by atoms with Crippen molar-refractivity contribution in [1.82, 2.24) is 4.98 Å². The molecule has 1 aromatic heterocycles. The van der Waals surface area contributed by atoms with E-state index in [1.165, 1.54) is 0 Å². The van der Waals surface area contributed by atoms with E-state index < -0.39 is 11.0 Å². The molecule has 1 rings (SSSR count). The quantitative estimate of drug-likeness (QED) is 0.617. The third-order valence-corrected chi connectivity index (χ3v) is 2.58. The van der Waals surface area contributed by atoms with Crippen LogP contribution in [0.4, 0.5) is 14.9 Å². The Balaban J connectivity index is 2.89. The third-order valence-electron chi connectivity index (χ3n) is 1.61. The summed E-state index contributed by atoms with van der Waals surface area (Å²) in [5.41, 5.74) is 5.07. The molecule has 1 aromatic rings. The Morgan fingerprint density at radius 3 is 2.94 bits per heavy atom. The second kappa shape index (κ2) is 5.04. The lowest BCUT2D eigenvalue weighted by Gasteiger charge is -2.14. The Morgan fingerprint density at radius 1 is 1.81 bits per heavy atom. The average Bonchev–Trinajstić information content (AvgIpc) is 2.67. The minimum absolute atomic E-state index is 0.0660. The van der Waals surface area contributed by atoms with Crippen molar-refractivity contribution in [2.24, 2.45) is 5.73 Å². The van der Waals surface area contributed by atoms with Crippen LogP contribution in [-0.2, 0) is 0 Å². The number of urea groups is 1. The molecule has 8 nitrogen and oxygen atoms in total. The number of anilines is 1.